The summed E-state index contributed by atoms with van der Waals surface area (Å²) in [6.45, 7) is 4.35. The molecule has 0 saturated heterocycles. The summed E-state index contributed by atoms with van der Waals surface area (Å²) in [4.78, 5) is 21.0. The Morgan fingerprint density at radius 3 is 2.43 bits per heavy atom. The molecule has 0 aliphatic heterocycles. The Morgan fingerprint density at radius 2 is 1.75 bits per heavy atom. The molecule has 1 heterocycles. The Bertz CT molecular complexity index is 982. The zero-order chi connectivity index (χ0) is 19.9. The van der Waals surface area contributed by atoms with Crippen molar-refractivity contribution in [2.75, 3.05) is 5.32 Å². The zero-order valence-corrected chi connectivity index (χ0v) is 15.7. The maximum atomic E-state index is 13.4. The van der Waals surface area contributed by atoms with E-state index in [0.29, 0.717) is 6.54 Å². The highest BCUT2D eigenvalue weighted by Gasteiger charge is 2.10. The first-order valence-corrected chi connectivity index (χ1v) is 8.85. The molecule has 3 aromatic rings. The van der Waals surface area contributed by atoms with Crippen molar-refractivity contribution in [3.05, 3.63) is 95.1 Å². The Hall–Kier alpha value is -3.54. The normalized spacial score (nSPS) is 11.2. The van der Waals surface area contributed by atoms with Gasteiger partial charge in [-0.05, 0) is 73.0 Å². The van der Waals surface area contributed by atoms with E-state index in [1.54, 1.807) is 18.5 Å². The maximum absolute atomic E-state index is 13.4. The summed E-state index contributed by atoms with van der Waals surface area (Å²) in [5, 5.41) is 5.89. The first-order valence-electron chi connectivity index (χ1n) is 8.85. The molecule has 5 nitrogen and oxygen atoms in total. The van der Waals surface area contributed by atoms with Gasteiger partial charge < -0.3 is 5.32 Å². The number of hydrogen-bond acceptors (Lipinski definition) is 3. The summed E-state index contributed by atoms with van der Waals surface area (Å²) in [7, 11) is 0. The molecule has 0 radical (unpaired) electrons. The van der Waals surface area contributed by atoms with Gasteiger partial charge in [0, 0.05) is 23.6 Å². The number of pyridine rings is 1. The monoisotopic (exact) mass is 376 g/mol. The number of nitrogens with zero attached hydrogens (tertiary/aromatic N) is 2. The van der Waals surface area contributed by atoms with Gasteiger partial charge in [-0.1, -0.05) is 12.1 Å². The molecule has 0 saturated carbocycles. The largest absolute Gasteiger partial charge is 0.326 e. The molecule has 28 heavy (non-hydrogen) atoms. The predicted octanol–water partition coefficient (Wildman–Crippen LogP) is 4.24. The van der Waals surface area contributed by atoms with E-state index in [9.17, 15) is 9.18 Å². The third-order valence-corrected chi connectivity index (χ3v) is 3.97. The average Bonchev–Trinajstić information content (AvgIpc) is 2.66. The number of aliphatic imine (C=N–C) groups is 1. The standard InChI is InChI=1S/C22H21FN4O/c1-15-10-16(2)12-20(11-15)26-22(25-14-17-6-8-24-9-7-17)27-21(28)18-4-3-5-19(23)13-18/h3-13H,14H2,1-2H3,(H2,25,26,27,28). The van der Waals surface area contributed by atoms with Crippen molar-refractivity contribution < 1.29 is 9.18 Å². The van der Waals surface area contributed by atoms with E-state index in [2.05, 4.69) is 26.7 Å². The van der Waals surface area contributed by atoms with E-state index in [1.165, 1.54) is 18.2 Å². The van der Waals surface area contributed by atoms with Crippen LogP contribution in [0.2, 0.25) is 0 Å². The van der Waals surface area contributed by atoms with E-state index in [4.69, 9.17) is 0 Å². The van der Waals surface area contributed by atoms with Crippen LogP contribution in [0.25, 0.3) is 0 Å². The Balaban J connectivity index is 1.83. The summed E-state index contributed by atoms with van der Waals surface area (Å²) in [6.07, 6.45) is 3.38. The highest BCUT2D eigenvalue weighted by Crippen LogP contribution is 2.14. The number of halogens is 1. The summed E-state index contributed by atoms with van der Waals surface area (Å²) in [6, 6.07) is 15.2. The third kappa shape index (κ3) is 5.48. The lowest BCUT2D eigenvalue weighted by Crippen LogP contribution is -2.36. The van der Waals surface area contributed by atoms with Gasteiger partial charge in [0.05, 0.1) is 6.54 Å². The number of benzene rings is 2. The molecule has 0 aliphatic carbocycles. The molecule has 0 aliphatic rings. The van der Waals surface area contributed by atoms with Gasteiger partial charge in [-0.15, -0.1) is 0 Å². The van der Waals surface area contributed by atoms with Gasteiger partial charge in [0.1, 0.15) is 5.82 Å². The fraction of sp³-hybridized carbons (Fsp3) is 0.136. The van der Waals surface area contributed by atoms with Gasteiger partial charge in [-0.25, -0.2) is 9.38 Å². The first kappa shape index (κ1) is 19.2. The van der Waals surface area contributed by atoms with Gasteiger partial charge in [-0.3, -0.25) is 15.1 Å². The molecule has 1 aromatic heterocycles. The lowest BCUT2D eigenvalue weighted by molar-refractivity contribution is 0.0976. The minimum absolute atomic E-state index is 0.221. The van der Waals surface area contributed by atoms with E-state index < -0.39 is 11.7 Å². The highest BCUT2D eigenvalue weighted by atomic mass is 19.1. The molecule has 2 N–H and O–H groups in total. The molecule has 6 heteroatoms. The predicted molar refractivity (Wildman–Crippen MR) is 109 cm³/mol. The van der Waals surface area contributed by atoms with Crippen LogP contribution in [-0.4, -0.2) is 16.9 Å². The highest BCUT2D eigenvalue weighted by molar-refractivity contribution is 6.10. The second-order valence-corrected chi connectivity index (χ2v) is 6.49. The summed E-state index contributed by atoms with van der Waals surface area (Å²) in [5.74, 6) is -0.619. The number of carbonyl (C=O) groups is 1. The lowest BCUT2D eigenvalue weighted by Gasteiger charge is -2.13. The molecule has 142 valence electrons. The number of aryl methyl sites for hydroxylation is 2. The second kappa shape index (κ2) is 8.90. The molecule has 1 amide bonds. The first-order chi connectivity index (χ1) is 13.5. The van der Waals surface area contributed by atoms with Crippen LogP contribution in [0.5, 0.6) is 0 Å². The van der Waals surface area contributed by atoms with Crippen molar-refractivity contribution in [2.45, 2.75) is 20.4 Å². The third-order valence-electron chi connectivity index (χ3n) is 3.97. The van der Waals surface area contributed by atoms with Crippen LogP contribution in [0.1, 0.15) is 27.0 Å². The molecule has 3 rings (SSSR count). The summed E-state index contributed by atoms with van der Waals surface area (Å²) < 4.78 is 13.4. The van der Waals surface area contributed by atoms with Crippen LogP contribution in [0.4, 0.5) is 10.1 Å². The topological polar surface area (TPSA) is 66.4 Å². The van der Waals surface area contributed by atoms with Gasteiger partial charge in [0.25, 0.3) is 5.91 Å². The van der Waals surface area contributed by atoms with Crippen molar-refractivity contribution in [1.82, 2.24) is 10.3 Å². The maximum Gasteiger partial charge on any atom is 0.258 e. The van der Waals surface area contributed by atoms with Crippen LogP contribution in [-0.2, 0) is 6.54 Å². The molecular weight excluding hydrogens is 355 g/mol. The van der Waals surface area contributed by atoms with Crippen molar-refractivity contribution in [3.8, 4) is 0 Å². The number of hydrogen-bond donors (Lipinski definition) is 2. The van der Waals surface area contributed by atoms with Crippen LogP contribution in [0, 0.1) is 19.7 Å². The number of nitrogens with one attached hydrogen (secondary N) is 2. The Kier molecular flexibility index (Phi) is 6.11. The molecular formula is C22H21FN4O. The van der Waals surface area contributed by atoms with E-state index >= 15 is 0 Å². The van der Waals surface area contributed by atoms with Gasteiger partial charge in [0.15, 0.2) is 0 Å². The molecule has 0 unspecified atom stereocenters. The number of aromatic nitrogens is 1. The number of rotatable bonds is 4. The lowest BCUT2D eigenvalue weighted by atomic mass is 10.1. The fourth-order valence-electron chi connectivity index (χ4n) is 2.76. The average molecular weight is 376 g/mol. The Labute approximate surface area is 163 Å². The van der Waals surface area contributed by atoms with E-state index in [0.717, 1.165) is 22.4 Å². The van der Waals surface area contributed by atoms with Crippen LogP contribution in [0.15, 0.2) is 72.0 Å². The second-order valence-electron chi connectivity index (χ2n) is 6.49. The van der Waals surface area contributed by atoms with Crippen LogP contribution >= 0.6 is 0 Å². The minimum Gasteiger partial charge on any atom is -0.326 e. The van der Waals surface area contributed by atoms with Crippen molar-refractivity contribution in [1.29, 1.82) is 0 Å². The van der Waals surface area contributed by atoms with Gasteiger partial charge in [-0.2, -0.15) is 0 Å². The number of guanidine groups is 1. The van der Waals surface area contributed by atoms with Crippen molar-refractivity contribution in [3.63, 3.8) is 0 Å². The molecule has 0 atom stereocenters. The summed E-state index contributed by atoms with van der Waals surface area (Å²) in [5.41, 5.74) is 4.17. The van der Waals surface area contributed by atoms with Crippen molar-refractivity contribution in [2.24, 2.45) is 4.99 Å². The van der Waals surface area contributed by atoms with Crippen LogP contribution in [0.3, 0.4) is 0 Å². The minimum atomic E-state index is -0.467. The van der Waals surface area contributed by atoms with Gasteiger partial charge in [0.2, 0.25) is 5.96 Å². The van der Waals surface area contributed by atoms with Crippen molar-refractivity contribution >= 4 is 17.6 Å². The Morgan fingerprint density at radius 1 is 1.04 bits per heavy atom. The molecule has 0 bridgehead atoms. The summed E-state index contributed by atoms with van der Waals surface area (Å²) >= 11 is 0. The molecule has 2 aromatic carbocycles. The van der Waals surface area contributed by atoms with E-state index in [-0.39, 0.29) is 11.5 Å². The smallest absolute Gasteiger partial charge is 0.258 e. The number of carbonyl (C=O) groups excluding carboxylic acids is 1. The fourth-order valence-corrected chi connectivity index (χ4v) is 2.76. The van der Waals surface area contributed by atoms with E-state index in [1.807, 2.05) is 38.1 Å². The number of anilines is 1. The number of amides is 1. The molecule has 0 spiro atoms. The molecule has 0 fully saturated rings. The van der Waals surface area contributed by atoms with Crippen LogP contribution < -0.4 is 10.6 Å². The SMILES string of the molecule is Cc1cc(C)cc(NC(=NCc2ccncc2)NC(=O)c2cccc(F)c2)c1. The van der Waals surface area contributed by atoms with Gasteiger partial charge >= 0.3 is 0 Å². The quantitative estimate of drug-likeness (QED) is 0.529. The zero-order valence-electron chi connectivity index (χ0n) is 15.7.